The summed E-state index contributed by atoms with van der Waals surface area (Å²) in [6.07, 6.45) is 2.85. The lowest BCUT2D eigenvalue weighted by molar-refractivity contribution is 0.378. The number of imidazole rings is 1. The van der Waals surface area contributed by atoms with Crippen molar-refractivity contribution in [3.8, 4) is 0 Å². The van der Waals surface area contributed by atoms with E-state index in [0.29, 0.717) is 5.15 Å². The number of hydrogen-bond acceptors (Lipinski definition) is 3. The third kappa shape index (κ3) is 2.33. The minimum Gasteiger partial charge on any atom is -0.321 e. The van der Waals surface area contributed by atoms with Gasteiger partial charge in [0.25, 0.3) is 0 Å². The Morgan fingerprint density at radius 2 is 2.53 bits per heavy atom. The van der Waals surface area contributed by atoms with Crippen molar-refractivity contribution < 1.29 is 0 Å². The van der Waals surface area contributed by atoms with Crippen molar-refractivity contribution in [1.29, 1.82) is 0 Å². The molecule has 1 unspecified atom stereocenters. The zero-order valence-electron chi connectivity index (χ0n) is 9.18. The number of nitrogens with one attached hydrogen (secondary N) is 2. The fraction of sp³-hybridized carbons (Fsp3) is 0.700. The SMILES string of the molecule is Cn1c(Cl)cnc1CNC1(C)CCNC1. The third-order valence-electron chi connectivity index (χ3n) is 3.07. The number of hydrogen-bond donors (Lipinski definition) is 2. The van der Waals surface area contributed by atoms with Gasteiger partial charge in [-0.25, -0.2) is 4.98 Å². The average molecular weight is 229 g/mol. The van der Waals surface area contributed by atoms with Crippen molar-refractivity contribution in [2.45, 2.75) is 25.4 Å². The molecule has 0 bridgehead atoms. The summed E-state index contributed by atoms with van der Waals surface area (Å²) >= 11 is 5.92. The van der Waals surface area contributed by atoms with Crippen LogP contribution in [0.3, 0.4) is 0 Å². The highest BCUT2D eigenvalue weighted by Gasteiger charge is 2.27. The van der Waals surface area contributed by atoms with Gasteiger partial charge in [0.2, 0.25) is 0 Å². The highest BCUT2D eigenvalue weighted by molar-refractivity contribution is 6.29. The van der Waals surface area contributed by atoms with Gasteiger partial charge in [-0.15, -0.1) is 0 Å². The first kappa shape index (κ1) is 10.9. The standard InChI is InChI=1S/C10H17ClN4/c1-10(3-4-12-7-10)14-6-9-13-5-8(11)15(9)2/h5,12,14H,3-4,6-7H2,1-2H3. The van der Waals surface area contributed by atoms with E-state index in [0.717, 1.165) is 31.9 Å². The van der Waals surface area contributed by atoms with Gasteiger partial charge in [-0.05, 0) is 19.9 Å². The molecule has 1 aliphatic rings. The Bertz CT molecular complexity index is 341. The Labute approximate surface area is 95.0 Å². The lowest BCUT2D eigenvalue weighted by atomic mass is 10.0. The summed E-state index contributed by atoms with van der Waals surface area (Å²) < 4.78 is 1.90. The lowest BCUT2D eigenvalue weighted by Gasteiger charge is -2.24. The fourth-order valence-corrected chi connectivity index (χ4v) is 2.00. The van der Waals surface area contributed by atoms with Crippen molar-refractivity contribution in [1.82, 2.24) is 20.2 Å². The molecule has 2 N–H and O–H groups in total. The van der Waals surface area contributed by atoms with E-state index in [9.17, 15) is 0 Å². The topological polar surface area (TPSA) is 41.9 Å². The van der Waals surface area contributed by atoms with Gasteiger partial charge in [-0.3, -0.25) is 0 Å². The molecule has 0 aromatic carbocycles. The van der Waals surface area contributed by atoms with Crippen LogP contribution in [0.1, 0.15) is 19.2 Å². The molecule has 2 heterocycles. The quantitative estimate of drug-likeness (QED) is 0.809. The van der Waals surface area contributed by atoms with Crippen LogP contribution in [0.15, 0.2) is 6.20 Å². The molecular weight excluding hydrogens is 212 g/mol. The number of nitrogens with zero attached hydrogens (tertiary/aromatic N) is 2. The summed E-state index contributed by atoms with van der Waals surface area (Å²) in [4.78, 5) is 4.26. The van der Waals surface area contributed by atoms with Crippen molar-refractivity contribution in [2.24, 2.45) is 7.05 Å². The average Bonchev–Trinajstić information content (AvgIpc) is 2.75. The lowest BCUT2D eigenvalue weighted by Crippen LogP contribution is -2.43. The first-order valence-corrected chi connectivity index (χ1v) is 5.60. The van der Waals surface area contributed by atoms with Crippen LogP contribution in [0, 0.1) is 0 Å². The van der Waals surface area contributed by atoms with E-state index in [-0.39, 0.29) is 5.54 Å². The van der Waals surface area contributed by atoms with Crippen LogP contribution in [0.2, 0.25) is 5.15 Å². The molecule has 1 aliphatic heterocycles. The van der Waals surface area contributed by atoms with Crippen molar-refractivity contribution in [3.05, 3.63) is 17.2 Å². The summed E-state index contributed by atoms with van der Waals surface area (Å²) in [5.74, 6) is 0.980. The van der Waals surface area contributed by atoms with Gasteiger partial charge in [0.05, 0.1) is 12.7 Å². The summed E-state index contributed by atoms with van der Waals surface area (Å²) in [5, 5.41) is 7.56. The molecule has 2 rings (SSSR count). The predicted octanol–water partition coefficient (Wildman–Crippen LogP) is 0.915. The van der Waals surface area contributed by atoms with E-state index in [2.05, 4.69) is 22.5 Å². The zero-order chi connectivity index (χ0) is 10.9. The first-order chi connectivity index (χ1) is 7.11. The maximum atomic E-state index is 5.92. The Hall–Kier alpha value is -0.580. The van der Waals surface area contributed by atoms with Crippen LogP contribution < -0.4 is 10.6 Å². The van der Waals surface area contributed by atoms with Crippen LogP contribution >= 0.6 is 11.6 Å². The second-order valence-corrected chi connectivity index (χ2v) is 4.78. The summed E-state index contributed by atoms with van der Waals surface area (Å²) in [6.45, 7) is 5.11. The van der Waals surface area contributed by atoms with E-state index in [4.69, 9.17) is 11.6 Å². The molecule has 0 amide bonds. The molecule has 5 heteroatoms. The maximum Gasteiger partial charge on any atom is 0.128 e. The normalized spacial score (nSPS) is 26.1. The van der Waals surface area contributed by atoms with Crippen molar-refractivity contribution >= 4 is 11.6 Å². The molecule has 15 heavy (non-hydrogen) atoms. The Kier molecular flexibility index (Phi) is 3.00. The fourth-order valence-electron chi connectivity index (χ4n) is 1.85. The Morgan fingerprint density at radius 3 is 3.07 bits per heavy atom. The second kappa shape index (κ2) is 4.12. The van der Waals surface area contributed by atoms with Gasteiger partial charge in [-0.1, -0.05) is 11.6 Å². The monoisotopic (exact) mass is 228 g/mol. The van der Waals surface area contributed by atoms with Crippen molar-refractivity contribution in [3.63, 3.8) is 0 Å². The van der Waals surface area contributed by atoms with Crippen molar-refractivity contribution in [2.75, 3.05) is 13.1 Å². The van der Waals surface area contributed by atoms with Crippen LogP contribution in [0.25, 0.3) is 0 Å². The van der Waals surface area contributed by atoms with Crippen LogP contribution in [0.5, 0.6) is 0 Å². The van der Waals surface area contributed by atoms with E-state index in [1.54, 1.807) is 6.20 Å². The summed E-state index contributed by atoms with van der Waals surface area (Å²) in [7, 11) is 1.93. The molecule has 1 saturated heterocycles. The number of rotatable bonds is 3. The smallest absolute Gasteiger partial charge is 0.128 e. The van der Waals surface area contributed by atoms with Crippen LogP contribution in [0.4, 0.5) is 0 Å². The maximum absolute atomic E-state index is 5.92. The predicted molar refractivity (Wildman–Crippen MR) is 60.9 cm³/mol. The summed E-state index contributed by atoms with van der Waals surface area (Å²) in [6, 6.07) is 0. The van der Waals surface area contributed by atoms with Gasteiger partial charge in [0, 0.05) is 19.1 Å². The van der Waals surface area contributed by atoms with E-state index >= 15 is 0 Å². The first-order valence-electron chi connectivity index (χ1n) is 5.23. The molecule has 0 spiro atoms. The van der Waals surface area contributed by atoms with E-state index in [1.165, 1.54) is 0 Å². The highest BCUT2D eigenvalue weighted by atomic mass is 35.5. The number of halogens is 1. The van der Waals surface area contributed by atoms with Crippen LogP contribution in [-0.2, 0) is 13.6 Å². The molecule has 0 aliphatic carbocycles. The molecule has 0 radical (unpaired) electrons. The van der Waals surface area contributed by atoms with E-state index < -0.39 is 0 Å². The molecular formula is C10H17ClN4. The molecule has 1 aromatic rings. The second-order valence-electron chi connectivity index (χ2n) is 4.40. The van der Waals surface area contributed by atoms with Gasteiger partial charge < -0.3 is 15.2 Å². The van der Waals surface area contributed by atoms with Gasteiger partial charge >= 0.3 is 0 Å². The molecule has 1 aromatic heterocycles. The zero-order valence-corrected chi connectivity index (χ0v) is 9.93. The largest absolute Gasteiger partial charge is 0.321 e. The van der Waals surface area contributed by atoms with Gasteiger partial charge in [-0.2, -0.15) is 0 Å². The molecule has 1 fully saturated rings. The molecule has 84 valence electrons. The van der Waals surface area contributed by atoms with Crippen LogP contribution in [-0.4, -0.2) is 28.2 Å². The molecule has 4 nitrogen and oxygen atoms in total. The summed E-state index contributed by atoms with van der Waals surface area (Å²) in [5.41, 5.74) is 0.193. The molecule has 0 saturated carbocycles. The Morgan fingerprint density at radius 1 is 1.73 bits per heavy atom. The Balaban J connectivity index is 1.95. The van der Waals surface area contributed by atoms with Gasteiger partial charge in [0.15, 0.2) is 0 Å². The highest BCUT2D eigenvalue weighted by Crippen LogP contribution is 2.15. The third-order valence-corrected chi connectivity index (χ3v) is 3.42. The van der Waals surface area contributed by atoms with E-state index in [1.807, 2.05) is 11.6 Å². The molecule has 1 atom stereocenters. The van der Waals surface area contributed by atoms with Gasteiger partial charge in [0.1, 0.15) is 11.0 Å². The number of aromatic nitrogens is 2. The minimum atomic E-state index is 0.193. The minimum absolute atomic E-state index is 0.193.